The number of hydrogen-bond donors (Lipinski definition) is 1. The molecule has 0 aliphatic carbocycles. The maximum Gasteiger partial charge on any atom is 0.0957 e. The molecule has 0 aromatic carbocycles. The van der Waals surface area contributed by atoms with Gasteiger partial charge in [0, 0.05) is 18.2 Å². The van der Waals surface area contributed by atoms with Gasteiger partial charge in [-0.05, 0) is 33.3 Å². The molecule has 0 amide bonds. The maximum atomic E-state index is 8.98. The number of hydrogen-bond acceptors (Lipinski definition) is 2. The lowest BCUT2D eigenvalue weighted by atomic mass is 10.0. The van der Waals surface area contributed by atoms with E-state index in [0.717, 1.165) is 16.7 Å². The van der Waals surface area contributed by atoms with E-state index in [1.807, 2.05) is 39.8 Å². The second-order valence-electron chi connectivity index (χ2n) is 3.90. The second kappa shape index (κ2) is 6.78. The number of allylic oxidation sites excluding steroid dienone is 6. The van der Waals surface area contributed by atoms with Gasteiger partial charge in [0.25, 0.3) is 0 Å². The Morgan fingerprint density at radius 2 is 1.60 bits per heavy atom. The van der Waals surface area contributed by atoms with Gasteiger partial charge in [0.05, 0.1) is 6.07 Å². The average Bonchev–Trinajstić information content (AvgIpc) is 2.11. The quantitative estimate of drug-likeness (QED) is 0.421. The van der Waals surface area contributed by atoms with E-state index in [1.165, 1.54) is 6.21 Å². The summed E-state index contributed by atoms with van der Waals surface area (Å²) in [5.41, 5.74) is 3.87. The van der Waals surface area contributed by atoms with E-state index in [9.17, 15) is 0 Å². The van der Waals surface area contributed by atoms with Crippen molar-refractivity contribution < 1.29 is 0 Å². The van der Waals surface area contributed by atoms with Crippen molar-refractivity contribution in [1.82, 2.24) is 0 Å². The van der Waals surface area contributed by atoms with Crippen molar-refractivity contribution in [1.29, 1.82) is 10.7 Å². The summed E-state index contributed by atoms with van der Waals surface area (Å²) in [6, 6.07) is 2.15. The van der Waals surface area contributed by atoms with E-state index in [0.29, 0.717) is 12.0 Å². The topological polar surface area (TPSA) is 47.6 Å². The highest BCUT2D eigenvalue weighted by Crippen LogP contribution is 2.14. The SMILES string of the molecule is CC(C)=CC(C=C(C)C)=C(C#N)CC=N. The summed E-state index contributed by atoms with van der Waals surface area (Å²) in [5, 5.41) is 16.0. The van der Waals surface area contributed by atoms with Crippen molar-refractivity contribution in [2.24, 2.45) is 0 Å². The highest BCUT2D eigenvalue weighted by molar-refractivity contribution is 5.62. The van der Waals surface area contributed by atoms with Crippen LogP contribution >= 0.6 is 0 Å². The van der Waals surface area contributed by atoms with Gasteiger partial charge in [-0.2, -0.15) is 5.26 Å². The molecule has 0 saturated heterocycles. The van der Waals surface area contributed by atoms with Gasteiger partial charge in [0.2, 0.25) is 0 Å². The van der Waals surface area contributed by atoms with Crippen LogP contribution in [0.1, 0.15) is 34.1 Å². The number of rotatable bonds is 4. The fourth-order valence-corrected chi connectivity index (χ4v) is 1.17. The predicted molar refractivity (Wildman–Crippen MR) is 64.9 cm³/mol. The van der Waals surface area contributed by atoms with Crippen molar-refractivity contribution in [2.75, 3.05) is 0 Å². The summed E-state index contributed by atoms with van der Waals surface area (Å²) in [6.45, 7) is 7.99. The average molecular weight is 202 g/mol. The lowest BCUT2D eigenvalue weighted by Crippen LogP contribution is -1.88. The Morgan fingerprint density at radius 3 is 1.87 bits per heavy atom. The molecule has 0 aromatic heterocycles. The van der Waals surface area contributed by atoms with Gasteiger partial charge < -0.3 is 5.41 Å². The number of nitrogens with one attached hydrogen (secondary N) is 1. The van der Waals surface area contributed by atoms with E-state index in [4.69, 9.17) is 10.7 Å². The van der Waals surface area contributed by atoms with Gasteiger partial charge in [0.15, 0.2) is 0 Å². The second-order valence-corrected chi connectivity index (χ2v) is 3.90. The zero-order valence-corrected chi connectivity index (χ0v) is 9.89. The minimum atomic E-state index is 0.402. The molecule has 0 saturated carbocycles. The third kappa shape index (κ3) is 5.64. The molecule has 0 heterocycles. The Kier molecular flexibility index (Phi) is 6.05. The summed E-state index contributed by atoms with van der Waals surface area (Å²) in [6.07, 6.45) is 5.62. The molecular formula is C13H18N2. The first-order valence-corrected chi connectivity index (χ1v) is 4.93. The van der Waals surface area contributed by atoms with E-state index < -0.39 is 0 Å². The highest BCUT2D eigenvalue weighted by Gasteiger charge is 2.00. The molecule has 15 heavy (non-hydrogen) atoms. The summed E-state index contributed by atoms with van der Waals surface area (Å²) < 4.78 is 0. The fraction of sp³-hybridized carbons (Fsp3) is 0.385. The third-order valence-electron chi connectivity index (χ3n) is 1.68. The highest BCUT2D eigenvalue weighted by atomic mass is 14.3. The van der Waals surface area contributed by atoms with Crippen LogP contribution < -0.4 is 0 Å². The van der Waals surface area contributed by atoms with Crippen LogP contribution in [-0.4, -0.2) is 6.21 Å². The molecule has 80 valence electrons. The van der Waals surface area contributed by atoms with Gasteiger partial charge in [-0.1, -0.05) is 23.3 Å². The van der Waals surface area contributed by atoms with Crippen LogP contribution in [0.4, 0.5) is 0 Å². The van der Waals surface area contributed by atoms with Crippen LogP contribution in [0.25, 0.3) is 0 Å². The standard InChI is InChI=1S/C13H18N2/c1-10(2)7-13(8-11(3)4)12(9-15)5-6-14/h6-8,14H,5H2,1-4H3. The van der Waals surface area contributed by atoms with Gasteiger partial charge in [-0.15, -0.1) is 0 Å². The first-order chi connectivity index (χ1) is 7.01. The van der Waals surface area contributed by atoms with E-state index in [2.05, 4.69) is 6.07 Å². The Morgan fingerprint density at radius 1 is 1.13 bits per heavy atom. The maximum absolute atomic E-state index is 8.98. The van der Waals surface area contributed by atoms with Crippen LogP contribution in [-0.2, 0) is 0 Å². The predicted octanol–water partition coefficient (Wildman–Crippen LogP) is 3.78. The van der Waals surface area contributed by atoms with Crippen LogP contribution in [0, 0.1) is 16.7 Å². The molecule has 0 atom stereocenters. The summed E-state index contributed by atoms with van der Waals surface area (Å²) in [7, 11) is 0. The molecule has 0 spiro atoms. The van der Waals surface area contributed by atoms with Crippen molar-refractivity contribution in [3.05, 3.63) is 34.4 Å². The minimum Gasteiger partial charge on any atom is -0.313 e. The monoisotopic (exact) mass is 202 g/mol. The zero-order valence-electron chi connectivity index (χ0n) is 9.89. The molecule has 0 aliphatic rings. The van der Waals surface area contributed by atoms with Crippen molar-refractivity contribution >= 4 is 6.21 Å². The Bertz CT molecular complexity index is 334. The lowest BCUT2D eigenvalue weighted by Gasteiger charge is -2.01. The molecule has 1 N–H and O–H groups in total. The molecule has 0 rings (SSSR count). The van der Waals surface area contributed by atoms with E-state index in [1.54, 1.807) is 0 Å². The molecule has 0 fully saturated rings. The van der Waals surface area contributed by atoms with Crippen LogP contribution in [0.2, 0.25) is 0 Å². The first-order valence-electron chi connectivity index (χ1n) is 4.93. The first kappa shape index (κ1) is 13.4. The molecular weight excluding hydrogens is 184 g/mol. The zero-order chi connectivity index (χ0) is 11.8. The lowest BCUT2D eigenvalue weighted by molar-refractivity contribution is 1.27. The number of nitrogens with zero attached hydrogens (tertiary/aromatic N) is 1. The summed E-state index contributed by atoms with van der Waals surface area (Å²) in [4.78, 5) is 0. The van der Waals surface area contributed by atoms with Gasteiger partial charge in [0.1, 0.15) is 0 Å². The fourth-order valence-electron chi connectivity index (χ4n) is 1.17. The van der Waals surface area contributed by atoms with Crippen LogP contribution in [0.3, 0.4) is 0 Å². The molecule has 0 aliphatic heterocycles. The molecule has 2 heteroatoms. The smallest absolute Gasteiger partial charge is 0.0957 e. The molecule has 0 aromatic rings. The van der Waals surface area contributed by atoms with Gasteiger partial charge in [-0.3, -0.25) is 0 Å². The van der Waals surface area contributed by atoms with Crippen molar-refractivity contribution in [3.8, 4) is 6.07 Å². The van der Waals surface area contributed by atoms with Crippen molar-refractivity contribution in [2.45, 2.75) is 34.1 Å². The van der Waals surface area contributed by atoms with E-state index >= 15 is 0 Å². The largest absolute Gasteiger partial charge is 0.313 e. The minimum absolute atomic E-state index is 0.402. The van der Waals surface area contributed by atoms with Crippen molar-refractivity contribution in [3.63, 3.8) is 0 Å². The Hall–Kier alpha value is -1.62. The van der Waals surface area contributed by atoms with Gasteiger partial charge >= 0.3 is 0 Å². The normalized spacial score (nSPS) is 8.47. The molecule has 0 bridgehead atoms. The molecule has 0 unspecified atom stereocenters. The summed E-state index contributed by atoms with van der Waals surface area (Å²) in [5.74, 6) is 0. The molecule has 0 radical (unpaired) electrons. The Balaban J connectivity index is 5.42. The molecule has 2 nitrogen and oxygen atoms in total. The Labute approximate surface area is 92.1 Å². The van der Waals surface area contributed by atoms with E-state index in [-0.39, 0.29) is 0 Å². The van der Waals surface area contributed by atoms with Gasteiger partial charge in [-0.25, -0.2) is 0 Å². The van der Waals surface area contributed by atoms with Crippen LogP contribution in [0.5, 0.6) is 0 Å². The number of nitriles is 1. The summed E-state index contributed by atoms with van der Waals surface area (Å²) >= 11 is 0. The third-order valence-corrected chi connectivity index (χ3v) is 1.68. The van der Waals surface area contributed by atoms with Crippen LogP contribution in [0.15, 0.2) is 34.4 Å².